The fourth-order valence-electron chi connectivity index (χ4n) is 3.48. The Bertz CT molecular complexity index is 1090. The monoisotopic (exact) mass is 413 g/mol. The second-order valence-corrected chi connectivity index (χ2v) is 9.04. The summed E-state index contributed by atoms with van der Waals surface area (Å²) in [5, 5.41) is 0. The van der Waals surface area contributed by atoms with Crippen LogP contribution in [0.25, 0.3) is 6.08 Å². The van der Waals surface area contributed by atoms with Crippen molar-refractivity contribution in [3.05, 3.63) is 70.8 Å². The predicted molar refractivity (Wildman–Crippen MR) is 112 cm³/mol. The van der Waals surface area contributed by atoms with Gasteiger partial charge in [-0.25, -0.2) is 13.2 Å². The molecule has 3 rings (SSSR count). The van der Waals surface area contributed by atoms with E-state index < -0.39 is 16.0 Å². The molecular weight excluding hydrogens is 390 g/mol. The normalized spacial score (nSPS) is 16.1. The van der Waals surface area contributed by atoms with E-state index in [1.165, 1.54) is 16.6 Å². The van der Waals surface area contributed by atoms with Crippen molar-refractivity contribution in [3.63, 3.8) is 0 Å². The van der Waals surface area contributed by atoms with Crippen LogP contribution in [0.1, 0.15) is 34.0 Å². The minimum atomic E-state index is -3.38. The average molecular weight is 413 g/mol. The maximum Gasteiger partial charge on any atom is 0.331 e. The highest BCUT2D eigenvalue weighted by Gasteiger charge is 2.32. The van der Waals surface area contributed by atoms with Crippen molar-refractivity contribution < 1.29 is 22.7 Å². The van der Waals surface area contributed by atoms with Gasteiger partial charge in [-0.3, -0.25) is 9.10 Å². The van der Waals surface area contributed by atoms with Crippen LogP contribution in [0.2, 0.25) is 0 Å². The highest BCUT2D eigenvalue weighted by atomic mass is 32.2. The van der Waals surface area contributed by atoms with Gasteiger partial charge < -0.3 is 4.74 Å². The first-order valence-corrected chi connectivity index (χ1v) is 11.1. The Hall–Kier alpha value is -2.93. The van der Waals surface area contributed by atoms with Gasteiger partial charge in [0.15, 0.2) is 12.4 Å². The molecule has 0 amide bonds. The number of sulfonamides is 1. The molecule has 0 saturated heterocycles. The standard InChI is InChI=1S/C22H23NO5S/c1-15-6-4-5-7-17(15)9-11-22(25)28-14-21(24)18-8-10-20-19(13-18)12-16(2)23(20)29(3,26)27/h4-11,13,16H,12,14H2,1-3H3/b11-9+/t16-/m0/s1. The average Bonchev–Trinajstić information content (AvgIpc) is 3.00. The lowest BCUT2D eigenvalue weighted by atomic mass is 10.0. The topological polar surface area (TPSA) is 80.8 Å². The first kappa shape index (κ1) is 20.8. The van der Waals surface area contributed by atoms with E-state index in [1.807, 2.05) is 38.1 Å². The Kier molecular flexibility index (Phi) is 5.88. The lowest BCUT2D eigenvalue weighted by molar-refractivity contribution is -0.136. The van der Waals surface area contributed by atoms with Crippen molar-refractivity contribution >= 4 is 33.5 Å². The third kappa shape index (κ3) is 4.74. The molecule has 152 valence electrons. The van der Waals surface area contributed by atoms with Crippen LogP contribution in [0, 0.1) is 6.92 Å². The van der Waals surface area contributed by atoms with Gasteiger partial charge in [-0.2, -0.15) is 0 Å². The summed E-state index contributed by atoms with van der Waals surface area (Å²) >= 11 is 0. The molecule has 1 heterocycles. The Labute approximate surface area is 170 Å². The number of carbonyl (C=O) groups excluding carboxylic acids is 2. The van der Waals surface area contributed by atoms with Crippen molar-refractivity contribution in [2.45, 2.75) is 26.3 Å². The summed E-state index contributed by atoms with van der Waals surface area (Å²) in [6.45, 7) is 3.39. The molecule has 1 aliphatic rings. The Balaban J connectivity index is 1.64. The number of aryl methyl sites for hydroxylation is 1. The minimum Gasteiger partial charge on any atom is -0.454 e. The molecule has 0 aromatic heterocycles. The summed E-state index contributed by atoms with van der Waals surface area (Å²) in [6, 6.07) is 12.3. The molecule has 0 N–H and O–H groups in total. The van der Waals surface area contributed by atoms with Gasteiger partial charge in [-0.15, -0.1) is 0 Å². The zero-order chi connectivity index (χ0) is 21.2. The van der Waals surface area contributed by atoms with Crippen LogP contribution >= 0.6 is 0 Å². The fraction of sp³-hybridized carbons (Fsp3) is 0.273. The SMILES string of the molecule is Cc1ccccc1/C=C/C(=O)OCC(=O)c1ccc2c(c1)C[C@H](C)N2S(C)(=O)=O. The molecule has 0 saturated carbocycles. The molecule has 6 nitrogen and oxygen atoms in total. The van der Waals surface area contributed by atoms with Gasteiger partial charge in [0.2, 0.25) is 10.0 Å². The highest BCUT2D eigenvalue weighted by molar-refractivity contribution is 7.92. The summed E-state index contributed by atoms with van der Waals surface area (Å²) in [7, 11) is -3.38. The Morgan fingerprint density at radius 2 is 1.93 bits per heavy atom. The number of nitrogens with zero attached hydrogens (tertiary/aromatic N) is 1. The number of fused-ring (bicyclic) bond motifs is 1. The minimum absolute atomic E-state index is 0.199. The first-order valence-electron chi connectivity index (χ1n) is 9.23. The Morgan fingerprint density at radius 1 is 1.21 bits per heavy atom. The molecule has 0 bridgehead atoms. The molecule has 7 heteroatoms. The van der Waals surface area contributed by atoms with Crippen LogP contribution in [0.3, 0.4) is 0 Å². The second-order valence-electron chi connectivity index (χ2n) is 7.18. The van der Waals surface area contributed by atoms with E-state index in [-0.39, 0.29) is 18.4 Å². The van der Waals surface area contributed by atoms with Crippen molar-refractivity contribution in [1.82, 2.24) is 0 Å². The van der Waals surface area contributed by atoms with Crippen molar-refractivity contribution in [3.8, 4) is 0 Å². The van der Waals surface area contributed by atoms with Crippen LogP contribution in [0.4, 0.5) is 5.69 Å². The number of hydrogen-bond acceptors (Lipinski definition) is 5. The Morgan fingerprint density at radius 3 is 2.62 bits per heavy atom. The van der Waals surface area contributed by atoms with Gasteiger partial charge >= 0.3 is 5.97 Å². The van der Waals surface area contributed by atoms with Crippen LogP contribution in [0.5, 0.6) is 0 Å². The maximum absolute atomic E-state index is 12.4. The van der Waals surface area contributed by atoms with E-state index in [4.69, 9.17) is 4.74 Å². The zero-order valence-electron chi connectivity index (χ0n) is 16.6. The number of benzene rings is 2. The van der Waals surface area contributed by atoms with E-state index in [0.29, 0.717) is 17.7 Å². The summed E-state index contributed by atoms with van der Waals surface area (Å²) in [4.78, 5) is 24.3. The molecule has 0 aliphatic carbocycles. The van der Waals surface area contributed by atoms with E-state index >= 15 is 0 Å². The van der Waals surface area contributed by atoms with Gasteiger partial charge in [0, 0.05) is 17.7 Å². The third-order valence-electron chi connectivity index (χ3n) is 4.84. The quantitative estimate of drug-likeness (QED) is 0.413. The number of ether oxygens (including phenoxy) is 1. The number of carbonyl (C=O) groups is 2. The van der Waals surface area contributed by atoms with E-state index in [9.17, 15) is 18.0 Å². The van der Waals surface area contributed by atoms with Crippen molar-refractivity contribution in [2.24, 2.45) is 0 Å². The predicted octanol–water partition coefficient (Wildman–Crippen LogP) is 3.14. The van der Waals surface area contributed by atoms with E-state index in [2.05, 4.69) is 0 Å². The van der Waals surface area contributed by atoms with Crippen molar-refractivity contribution in [2.75, 3.05) is 17.2 Å². The van der Waals surface area contributed by atoms with Crippen LogP contribution in [0.15, 0.2) is 48.5 Å². The second kappa shape index (κ2) is 8.21. The van der Waals surface area contributed by atoms with Crippen LogP contribution in [-0.2, 0) is 26.0 Å². The molecule has 2 aromatic carbocycles. The number of ketones is 1. The number of rotatable bonds is 6. The van der Waals surface area contributed by atoms with E-state index in [1.54, 1.807) is 24.3 Å². The number of esters is 1. The van der Waals surface area contributed by atoms with E-state index in [0.717, 1.165) is 16.7 Å². The van der Waals surface area contributed by atoms with Gasteiger partial charge in [0.1, 0.15) is 0 Å². The molecule has 0 unspecified atom stereocenters. The molecule has 0 fully saturated rings. The lowest BCUT2D eigenvalue weighted by Crippen LogP contribution is -2.34. The lowest BCUT2D eigenvalue weighted by Gasteiger charge is -2.21. The van der Waals surface area contributed by atoms with Gasteiger partial charge in [0.25, 0.3) is 0 Å². The maximum atomic E-state index is 12.4. The van der Waals surface area contributed by atoms with Gasteiger partial charge in [-0.05, 0) is 61.2 Å². The summed E-state index contributed by atoms with van der Waals surface area (Å²) < 4.78 is 30.4. The smallest absolute Gasteiger partial charge is 0.331 e. The zero-order valence-corrected chi connectivity index (χ0v) is 17.4. The number of anilines is 1. The van der Waals surface area contributed by atoms with Gasteiger partial charge in [-0.1, -0.05) is 24.3 Å². The summed E-state index contributed by atoms with van der Waals surface area (Å²) in [5.41, 5.74) is 3.71. The molecule has 0 spiro atoms. The molecule has 1 aliphatic heterocycles. The molecule has 2 aromatic rings. The van der Waals surface area contributed by atoms with Crippen molar-refractivity contribution in [1.29, 1.82) is 0 Å². The van der Waals surface area contributed by atoms with Crippen LogP contribution < -0.4 is 4.31 Å². The summed E-state index contributed by atoms with van der Waals surface area (Å²) in [6.07, 6.45) is 4.65. The first-order chi connectivity index (χ1) is 13.7. The van der Waals surface area contributed by atoms with Gasteiger partial charge in [0.05, 0.1) is 11.9 Å². The number of Topliss-reactive ketones (excluding diaryl/α,β-unsaturated/α-hetero) is 1. The summed E-state index contributed by atoms with van der Waals surface area (Å²) in [5.74, 6) is -0.935. The molecule has 29 heavy (non-hydrogen) atoms. The third-order valence-corrected chi connectivity index (χ3v) is 6.12. The molecular formula is C22H23NO5S. The number of hydrogen-bond donors (Lipinski definition) is 0. The van der Waals surface area contributed by atoms with Crippen LogP contribution in [-0.4, -0.2) is 39.1 Å². The molecule has 1 atom stereocenters. The fourth-order valence-corrected chi connectivity index (χ4v) is 4.74. The largest absolute Gasteiger partial charge is 0.454 e. The highest BCUT2D eigenvalue weighted by Crippen LogP contribution is 2.34. The molecule has 0 radical (unpaired) electrons.